The van der Waals surface area contributed by atoms with E-state index in [0.29, 0.717) is 6.04 Å². The van der Waals surface area contributed by atoms with Crippen LogP contribution in [0.5, 0.6) is 5.75 Å². The molecule has 0 aromatic heterocycles. The molecule has 0 spiro atoms. The van der Waals surface area contributed by atoms with Crippen molar-refractivity contribution >= 4 is 11.8 Å². The molecule has 2 rings (SSSR count). The lowest BCUT2D eigenvalue weighted by molar-refractivity contribution is 0.252. The van der Waals surface area contributed by atoms with Crippen molar-refractivity contribution in [2.45, 2.75) is 31.7 Å². The van der Waals surface area contributed by atoms with Crippen molar-refractivity contribution in [3.05, 3.63) is 29.8 Å². The van der Waals surface area contributed by atoms with Crippen LogP contribution in [0.15, 0.2) is 24.3 Å². The molecule has 18 heavy (non-hydrogen) atoms. The molecule has 1 aliphatic rings. The second-order valence-corrected chi connectivity index (χ2v) is 5.72. The van der Waals surface area contributed by atoms with Gasteiger partial charge in [-0.25, -0.2) is 0 Å². The summed E-state index contributed by atoms with van der Waals surface area (Å²) in [4.78, 5) is 0. The summed E-state index contributed by atoms with van der Waals surface area (Å²) in [7, 11) is 0. The van der Waals surface area contributed by atoms with Crippen LogP contribution in [0.25, 0.3) is 0 Å². The third-order valence-corrected chi connectivity index (χ3v) is 4.07. The van der Waals surface area contributed by atoms with Crippen LogP contribution in [-0.4, -0.2) is 25.2 Å². The molecule has 0 fully saturated rings. The van der Waals surface area contributed by atoms with E-state index in [0.717, 1.165) is 25.3 Å². The summed E-state index contributed by atoms with van der Waals surface area (Å²) in [5.41, 5.74) is 1.33. The summed E-state index contributed by atoms with van der Waals surface area (Å²) in [6, 6.07) is 8.88. The van der Waals surface area contributed by atoms with Crippen LogP contribution in [-0.2, 0) is 0 Å². The van der Waals surface area contributed by atoms with Gasteiger partial charge in [-0.2, -0.15) is 11.8 Å². The molecular weight excluding hydrogens is 242 g/mol. The van der Waals surface area contributed by atoms with Crippen LogP contribution < -0.4 is 10.1 Å². The first-order valence-electron chi connectivity index (χ1n) is 6.86. The molecule has 0 radical (unpaired) electrons. The molecule has 1 atom stereocenters. The highest BCUT2D eigenvalue weighted by molar-refractivity contribution is 7.98. The first-order chi connectivity index (χ1) is 8.92. The highest BCUT2D eigenvalue weighted by atomic mass is 32.2. The Bertz CT molecular complexity index is 356. The van der Waals surface area contributed by atoms with Gasteiger partial charge in [0.15, 0.2) is 0 Å². The molecule has 2 nitrogen and oxygen atoms in total. The van der Waals surface area contributed by atoms with Crippen molar-refractivity contribution < 1.29 is 4.74 Å². The molecule has 1 heterocycles. The number of fused-ring (bicyclic) bond motifs is 1. The standard InChI is InChI=1S/C15H23NOS/c1-18-12-6-2-5-10-16-14-9-11-17-15-8-4-3-7-13(14)15/h3-4,7-8,14,16H,2,5-6,9-12H2,1H3. The number of rotatable bonds is 7. The topological polar surface area (TPSA) is 21.3 Å². The molecule has 1 aromatic rings. The summed E-state index contributed by atoms with van der Waals surface area (Å²) in [6.07, 6.45) is 7.21. The van der Waals surface area contributed by atoms with E-state index in [1.54, 1.807) is 0 Å². The largest absolute Gasteiger partial charge is 0.493 e. The zero-order valence-electron chi connectivity index (χ0n) is 11.2. The fraction of sp³-hybridized carbons (Fsp3) is 0.600. The Kier molecular flexibility index (Phi) is 5.88. The number of nitrogens with one attached hydrogen (secondary N) is 1. The molecule has 0 bridgehead atoms. The van der Waals surface area contributed by atoms with Gasteiger partial charge in [0.1, 0.15) is 5.75 Å². The van der Waals surface area contributed by atoms with E-state index >= 15 is 0 Å². The van der Waals surface area contributed by atoms with Crippen LogP contribution in [0.1, 0.15) is 37.3 Å². The molecule has 0 saturated carbocycles. The van der Waals surface area contributed by atoms with Gasteiger partial charge in [-0.3, -0.25) is 0 Å². The maximum absolute atomic E-state index is 5.67. The first-order valence-corrected chi connectivity index (χ1v) is 8.25. The summed E-state index contributed by atoms with van der Waals surface area (Å²) in [5, 5.41) is 3.67. The predicted octanol–water partition coefficient (Wildman–Crippen LogP) is 3.63. The van der Waals surface area contributed by atoms with E-state index in [2.05, 4.69) is 29.8 Å². The molecule has 100 valence electrons. The van der Waals surface area contributed by atoms with Crippen molar-refractivity contribution in [1.29, 1.82) is 0 Å². The minimum absolute atomic E-state index is 0.482. The lowest BCUT2D eigenvalue weighted by Gasteiger charge is -2.26. The van der Waals surface area contributed by atoms with Gasteiger partial charge in [0.25, 0.3) is 0 Å². The summed E-state index contributed by atoms with van der Waals surface area (Å²) >= 11 is 1.94. The number of ether oxygens (including phenoxy) is 1. The molecule has 1 aliphatic heterocycles. The van der Waals surface area contributed by atoms with Gasteiger partial charge in [0.2, 0.25) is 0 Å². The molecule has 0 amide bonds. The van der Waals surface area contributed by atoms with Crippen molar-refractivity contribution in [2.75, 3.05) is 25.2 Å². The second-order valence-electron chi connectivity index (χ2n) is 4.74. The van der Waals surface area contributed by atoms with E-state index in [1.165, 1.54) is 30.6 Å². The van der Waals surface area contributed by atoms with Crippen LogP contribution in [0.4, 0.5) is 0 Å². The van der Waals surface area contributed by atoms with Crippen LogP contribution in [0.3, 0.4) is 0 Å². The zero-order chi connectivity index (χ0) is 12.6. The first kappa shape index (κ1) is 13.8. The van der Waals surface area contributed by atoms with E-state index < -0.39 is 0 Å². The van der Waals surface area contributed by atoms with Gasteiger partial charge in [-0.05, 0) is 37.5 Å². The Morgan fingerprint density at radius 1 is 1.28 bits per heavy atom. The minimum atomic E-state index is 0.482. The summed E-state index contributed by atoms with van der Waals surface area (Å²) in [6.45, 7) is 1.95. The number of hydrogen-bond acceptors (Lipinski definition) is 3. The number of hydrogen-bond donors (Lipinski definition) is 1. The molecule has 0 saturated heterocycles. The molecule has 1 N–H and O–H groups in total. The number of unbranched alkanes of at least 4 members (excludes halogenated alkanes) is 2. The lowest BCUT2D eigenvalue weighted by atomic mass is 10.0. The minimum Gasteiger partial charge on any atom is -0.493 e. The van der Waals surface area contributed by atoms with E-state index in [9.17, 15) is 0 Å². The summed E-state index contributed by atoms with van der Waals surface area (Å²) < 4.78 is 5.67. The monoisotopic (exact) mass is 265 g/mol. The molecule has 0 aliphatic carbocycles. The van der Waals surface area contributed by atoms with Crippen LogP contribution in [0.2, 0.25) is 0 Å². The number of benzene rings is 1. The number of thioether (sulfide) groups is 1. The van der Waals surface area contributed by atoms with E-state index in [1.807, 2.05) is 17.8 Å². The fourth-order valence-electron chi connectivity index (χ4n) is 2.38. The normalized spacial score (nSPS) is 18.2. The lowest BCUT2D eigenvalue weighted by Crippen LogP contribution is -2.27. The average molecular weight is 265 g/mol. The van der Waals surface area contributed by atoms with E-state index in [-0.39, 0.29) is 0 Å². The van der Waals surface area contributed by atoms with Crippen LogP contribution >= 0.6 is 11.8 Å². The quantitative estimate of drug-likeness (QED) is 0.761. The Hall–Kier alpha value is -0.670. The SMILES string of the molecule is CSCCCCCNC1CCOc2ccccc21. The third-order valence-electron chi connectivity index (χ3n) is 3.37. The van der Waals surface area contributed by atoms with Gasteiger partial charge >= 0.3 is 0 Å². The highest BCUT2D eigenvalue weighted by Crippen LogP contribution is 2.31. The summed E-state index contributed by atoms with van der Waals surface area (Å²) in [5.74, 6) is 2.35. The molecular formula is C15H23NOS. The van der Waals surface area contributed by atoms with Gasteiger partial charge in [0, 0.05) is 18.0 Å². The third kappa shape index (κ3) is 3.92. The second kappa shape index (κ2) is 7.70. The van der Waals surface area contributed by atoms with Gasteiger partial charge in [0.05, 0.1) is 6.61 Å². The van der Waals surface area contributed by atoms with Gasteiger partial charge in [-0.15, -0.1) is 0 Å². The average Bonchev–Trinajstić information content (AvgIpc) is 2.43. The van der Waals surface area contributed by atoms with Crippen molar-refractivity contribution in [1.82, 2.24) is 5.32 Å². The predicted molar refractivity (Wildman–Crippen MR) is 79.5 cm³/mol. The Labute approximate surface area is 114 Å². The van der Waals surface area contributed by atoms with Crippen LogP contribution in [0, 0.1) is 0 Å². The maximum Gasteiger partial charge on any atom is 0.124 e. The fourth-order valence-corrected chi connectivity index (χ4v) is 2.87. The van der Waals surface area contributed by atoms with Gasteiger partial charge in [-0.1, -0.05) is 24.6 Å². The van der Waals surface area contributed by atoms with Crippen molar-refractivity contribution in [3.8, 4) is 5.75 Å². The molecule has 1 aromatic carbocycles. The number of para-hydroxylation sites is 1. The Balaban J connectivity index is 1.74. The van der Waals surface area contributed by atoms with Crippen molar-refractivity contribution in [2.24, 2.45) is 0 Å². The van der Waals surface area contributed by atoms with Gasteiger partial charge < -0.3 is 10.1 Å². The highest BCUT2D eigenvalue weighted by Gasteiger charge is 2.19. The zero-order valence-corrected chi connectivity index (χ0v) is 12.0. The maximum atomic E-state index is 5.67. The Morgan fingerprint density at radius 2 is 2.17 bits per heavy atom. The molecule has 1 unspecified atom stereocenters. The smallest absolute Gasteiger partial charge is 0.124 e. The Morgan fingerprint density at radius 3 is 3.06 bits per heavy atom. The van der Waals surface area contributed by atoms with E-state index in [4.69, 9.17) is 4.74 Å². The van der Waals surface area contributed by atoms with Crippen molar-refractivity contribution in [3.63, 3.8) is 0 Å². The molecule has 3 heteroatoms.